The zero-order valence-corrected chi connectivity index (χ0v) is 12.2. The number of anilines is 1. The fraction of sp³-hybridized carbons (Fsp3) is 0.500. The number of unbranched alkanes of at least 4 members (excludes halogenated alkanes) is 1. The van der Waals surface area contributed by atoms with Crippen LogP contribution in [0.4, 0.5) is 15.8 Å². The van der Waals surface area contributed by atoms with Gasteiger partial charge in [-0.2, -0.15) is 0 Å². The van der Waals surface area contributed by atoms with Gasteiger partial charge in [-0.3, -0.25) is 10.1 Å². The third kappa shape index (κ3) is 4.43. The van der Waals surface area contributed by atoms with Gasteiger partial charge >= 0.3 is 0 Å². The van der Waals surface area contributed by atoms with Gasteiger partial charge in [-0.1, -0.05) is 19.8 Å². The first kappa shape index (κ1) is 15.8. The van der Waals surface area contributed by atoms with Crippen molar-refractivity contribution < 1.29 is 9.31 Å². The van der Waals surface area contributed by atoms with E-state index < -0.39 is 10.7 Å². The van der Waals surface area contributed by atoms with E-state index in [0.717, 1.165) is 25.3 Å². The number of hydrogen-bond donors (Lipinski definition) is 2. The quantitative estimate of drug-likeness (QED) is 0.591. The van der Waals surface area contributed by atoms with Crippen molar-refractivity contribution in [2.75, 3.05) is 11.9 Å². The highest BCUT2D eigenvalue weighted by Gasteiger charge is 2.19. The number of nitrogens with one attached hydrogen (secondary N) is 1. The van der Waals surface area contributed by atoms with Gasteiger partial charge in [0.05, 0.1) is 15.5 Å². The Kier molecular flexibility index (Phi) is 6.17. The van der Waals surface area contributed by atoms with Crippen LogP contribution in [-0.4, -0.2) is 17.5 Å². The van der Waals surface area contributed by atoms with Gasteiger partial charge in [0.15, 0.2) is 0 Å². The first-order valence-electron chi connectivity index (χ1n) is 6.09. The number of benzene rings is 1. The summed E-state index contributed by atoms with van der Waals surface area (Å²) in [6.45, 7) is 2.43. The second-order valence-corrected chi connectivity index (χ2v) is 5.11. The van der Waals surface area contributed by atoms with Crippen molar-refractivity contribution in [3.05, 3.63) is 32.5 Å². The van der Waals surface area contributed by atoms with E-state index in [1.807, 2.05) is 0 Å². The van der Waals surface area contributed by atoms with Gasteiger partial charge in [0, 0.05) is 12.6 Å². The highest BCUT2D eigenvalue weighted by atomic mass is 79.9. The maximum Gasteiger partial charge on any atom is 0.295 e. The maximum atomic E-state index is 13.3. The lowest BCUT2D eigenvalue weighted by Crippen LogP contribution is -2.29. The topological polar surface area (TPSA) is 81.2 Å². The average Bonchev–Trinajstić information content (AvgIpc) is 2.37. The Bertz CT molecular complexity index is 457. The van der Waals surface area contributed by atoms with Crippen LogP contribution < -0.4 is 11.1 Å². The number of hydrogen-bond acceptors (Lipinski definition) is 4. The molecule has 0 bridgehead atoms. The van der Waals surface area contributed by atoms with Gasteiger partial charge in [0.25, 0.3) is 5.69 Å². The first-order chi connectivity index (χ1) is 8.99. The summed E-state index contributed by atoms with van der Waals surface area (Å²) in [5.41, 5.74) is 5.64. The van der Waals surface area contributed by atoms with Crippen LogP contribution >= 0.6 is 15.9 Å². The Morgan fingerprint density at radius 2 is 2.26 bits per heavy atom. The van der Waals surface area contributed by atoms with Gasteiger partial charge in [-0.15, -0.1) is 0 Å². The molecule has 0 heterocycles. The molecule has 0 radical (unpaired) electrons. The van der Waals surface area contributed by atoms with Crippen molar-refractivity contribution in [3.63, 3.8) is 0 Å². The molecule has 0 fully saturated rings. The third-order valence-electron chi connectivity index (χ3n) is 2.79. The standard InChI is InChI=1S/C12H17BrFN3O2/c1-2-3-4-8(7-15)16-11-5-9(13)10(14)6-12(11)17(18)19/h5-6,8,16H,2-4,7,15H2,1H3. The smallest absolute Gasteiger partial charge is 0.295 e. The first-order valence-corrected chi connectivity index (χ1v) is 6.88. The molecule has 19 heavy (non-hydrogen) atoms. The number of nitro benzene ring substituents is 1. The van der Waals surface area contributed by atoms with Crippen molar-refractivity contribution in [2.24, 2.45) is 5.73 Å². The number of halogens is 2. The van der Waals surface area contributed by atoms with E-state index in [1.165, 1.54) is 6.07 Å². The van der Waals surface area contributed by atoms with Crippen LogP contribution in [0.2, 0.25) is 0 Å². The Morgan fingerprint density at radius 1 is 1.58 bits per heavy atom. The third-order valence-corrected chi connectivity index (χ3v) is 3.39. The van der Waals surface area contributed by atoms with Crippen molar-refractivity contribution in [1.82, 2.24) is 0 Å². The predicted octanol–water partition coefficient (Wildman–Crippen LogP) is 3.43. The molecule has 1 aromatic carbocycles. The van der Waals surface area contributed by atoms with Crippen molar-refractivity contribution in [3.8, 4) is 0 Å². The lowest BCUT2D eigenvalue weighted by molar-refractivity contribution is -0.384. The van der Waals surface area contributed by atoms with E-state index in [1.54, 1.807) is 0 Å². The Morgan fingerprint density at radius 3 is 2.79 bits per heavy atom. The molecule has 0 saturated heterocycles. The van der Waals surface area contributed by atoms with Crippen LogP contribution in [0.3, 0.4) is 0 Å². The zero-order valence-electron chi connectivity index (χ0n) is 10.7. The average molecular weight is 334 g/mol. The molecule has 5 nitrogen and oxygen atoms in total. The minimum Gasteiger partial charge on any atom is -0.375 e. The van der Waals surface area contributed by atoms with E-state index in [9.17, 15) is 14.5 Å². The van der Waals surface area contributed by atoms with Gasteiger partial charge in [-0.25, -0.2) is 4.39 Å². The van der Waals surface area contributed by atoms with Gasteiger partial charge in [0.1, 0.15) is 11.5 Å². The Hall–Kier alpha value is -1.21. The Labute approximate surface area is 119 Å². The lowest BCUT2D eigenvalue weighted by atomic mass is 10.1. The van der Waals surface area contributed by atoms with Crippen molar-refractivity contribution >= 4 is 27.3 Å². The number of nitro groups is 1. The molecule has 1 unspecified atom stereocenters. The van der Waals surface area contributed by atoms with E-state index >= 15 is 0 Å². The van der Waals surface area contributed by atoms with Crippen LogP contribution in [0.15, 0.2) is 16.6 Å². The summed E-state index contributed by atoms with van der Waals surface area (Å²) in [4.78, 5) is 10.3. The maximum absolute atomic E-state index is 13.3. The van der Waals surface area contributed by atoms with Crippen molar-refractivity contribution in [1.29, 1.82) is 0 Å². The number of rotatable bonds is 7. The van der Waals surface area contributed by atoms with Crippen LogP contribution in [0.25, 0.3) is 0 Å². The molecule has 0 aromatic heterocycles. The molecule has 1 atom stereocenters. The summed E-state index contributed by atoms with van der Waals surface area (Å²) in [6.07, 6.45) is 2.82. The normalized spacial score (nSPS) is 12.2. The molecule has 7 heteroatoms. The molecule has 0 saturated carbocycles. The second-order valence-electron chi connectivity index (χ2n) is 4.26. The van der Waals surface area contributed by atoms with Crippen LogP contribution in [-0.2, 0) is 0 Å². The Balaban J connectivity index is 2.97. The van der Waals surface area contributed by atoms with E-state index in [-0.39, 0.29) is 21.9 Å². The summed E-state index contributed by atoms with van der Waals surface area (Å²) >= 11 is 3.02. The summed E-state index contributed by atoms with van der Waals surface area (Å²) in [6, 6.07) is 2.22. The minimum absolute atomic E-state index is 0.0592. The largest absolute Gasteiger partial charge is 0.375 e. The number of nitrogens with zero attached hydrogens (tertiary/aromatic N) is 1. The fourth-order valence-corrected chi connectivity index (χ4v) is 2.07. The molecule has 0 aliphatic heterocycles. The van der Waals surface area contributed by atoms with Crippen LogP contribution in [0, 0.1) is 15.9 Å². The van der Waals surface area contributed by atoms with Gasteiger partial charge < -0.3 is 11.1 Å². The molecule has 0 aliphatic carbocycles. The van der Waals surface area contributed by atoms with E-state index in [4.69, 9.17) is 5.73 Å². The molecule has 0 spiro atoms. The van der Waals surface area contributed by atoms with Crippen LogP contribution in [0.1, 0.15) is 26.2 Å². The minimum atomic E-state index is -0.657. The summed E-state index contributed by atoms with van der Waals surface area (Å²) in [5, 5.41) is 13.9. The fourth-order valence-electron chi connectivity index (χ4n) is 1.72. The summed E-state index contributed by atoms with van der Waals surface area (Å²) in [5.74, 6) is -0.657. The highest BCUT2D eigenvalue weighted by molar-refractivity contribution is 9.10. The predicted molar refractivity (Wildman–Crippen MR) is 76.7 cm³/mol. The number of nitrogens with two attached hydrogens (primary N) is 1. The lowest BCUT2D eigenvalue weighted by Gasteiger charge is -2.18. The molecule has 1 aromatic rings. The SMILES string of the molecule is CCCCC(CN)Nc1cc(Br)c(F)cc1[N+](=O)[O-]. The second kappa shape index (κ2) is 7.40. The highest BCUT2D eigenvalue weighted by Crippen LogP contribution is 2.31. The molecular weight excluding hydrogens is 317 g/mol. The molecule has 1 rings (SSSR count). The monoisotopic (exact) mass is 333 g/mol. The van der Waals surface area contributed by atoms with Crippen LogP contribution in [0.5, 0.6) is 0 Å². The summed E-state index contributed by atoms with van der Waals surface area (Å²) < 4.78 is 13.5. The molecule has 3 N–H and O–H groups in total. The summed E-state index contributed by atoms with van der Waals surface area (Å²) in [7, 11) is 0. The van der Waals surface area contributed by atoms with Crippen molar-refractivity contribution in [2.45, 2.75) is 32.2 Å². The molecule has 0 aliphatic rings. The van der Waals surface area contributed by atoms with Gasteiger partial charge in [-0.05, 0) is 28.4 Å². The molecule has 0 amide bonds. The van der Waals surface area contributed by atoms with E-state index in [2.05, 4.69) is 28.2 Å². The molecule has 106 valence electrons. The van der Waals surface area contributed by atoms with E-state index in [0.29, 0.717) is 6.54 Å². The van der Waals surface area contributed by atoms with Gasteiger partial charge in [0.2, 0.25) is 0 Å². The zero-order chi connectivity index (χ0) is 14.4. The molecular formula is C12H17BrFN3O2.